The molecule has 0 radical (unpaired) electrons. The third kappa shape index (κ3) is 4.88. The van der Waals surface area contributed by atoms with Crippen molar-refractivity contribution in [2.45, 2.75) is 76.9 Å². The first kappa shape index (κ1) is 27.1. The van der Waals surface area contributed by atoms with E-state index in [0.29, 0.717) is 18.0 Å². The Balaban J connectivity index is 1.22. The third-order valence-corrected chi connectivity index (χ3v) is 8.79. The standard InChI is InChI=1S/C32H33N7O4/c1-3-6-27-26(17-21-9-11-22(12-10-21)24-7-4-5-8-25(24)28-35-31(41)42-37-28)29(40)38(30-33-19-34-39(27)30)23-13-15-32(16-14-23)18-20(2)36-43-32/h4-5,7-12,19,23H,3,6,13-18H2,1-2H3,(H,35,37,41)/t23-,32-. The molecule has 1 spiro atoms. The van der Waals surface area contributed by atoms with Crippen molar-refractivity contribution in [3.8, 4) is 22.5 Å². The van der Waals surface area contributed by atoms with Crippen molar-refractivity contribution in [2.24, 2.45) is 5.16 Å². The van der Waals surface area contributed by atoms with Gasteiger partial charge in [-0.3, -0.25) is 18.9 Å². The van der Waals surface area contributed by atoms with Crippen molar-refractivity contribution < 1.29 is 9.36 Å². The minimum atomic E-state index is -0.596. The van der Waals surface area contributed by atoms with E-state index in [4.69, 9.17) is 9.36 Å². The summed E-state index contributed by atoms with van der Waals surface area (Å²) < 4.78 is 8.47. The summed E-state index contributed by atoms with van der Waals surface area (Å²) in [5.41, 5.74) is 6.14. The van der Waals surface area contributed by atoms with Crippen LogP contribution < -0.4 is 11.3 Å². The fourth-order valence-corrected chi connectivity index (χ4v) is 6.73. The predicted octanol–water partition coefficient (Wildman–Crippen LogP) is 5.09. The first-order valence-corrected chi connectivity index (χ1v) is 14.9. The van der Waals surface area contributed by atoms with Gasteiger partial charge < -0.3 is 4.84 Å². The maximum atomic E-state index is 14.3. The van der Waals surface area contributed by atoms with Crippen LogP contribution in [-0.2, 0) is 17.7 Å². The Morgan fingerprint density at radius 1 is 1.05 bits per heavy atom. The van der Waals surface area contributed by atoms with E-state index in [2.05, 4.69) is 32.3 Å². The Hall–Kier alpha value is -4.80. The average Bonchev–Trinajstić information content (AvgIpc) is 3.77. The van der Waals surface area contributed by atoms with E-state index in [0.717, 1.165) is 84.2 Å². The van der Waals surface area contributed by atoms with Crippen molar-refractivity contribution >= 4 is 11.5 Å². The van der Waals surface area contributed by atoms with Gasteiger partial charge in [0.25, 0.3) is 5.56 Å². The Kier molecular flexibility index (Phi) is 6.79. The molecule has 1 saturated carbocycles. The Morgan fingerprint density at radius 2 is 1.81 bits per heavy atom. The highest BCUT2D eigenvalue weighted by Crippen LogP contribution is 2.42. The maximum Gasteiger partial charge on any atom is 0.439 e. The summed E-state index contributed by atoms with van der Waals surface area (Å²) in [5.74, 6) is 0.392. The van der Waals surface area contributed by atoms with Crippen molar-refractivity contribution in [1.82, 2.24) is 29.3 Å². The van der Waals surface area contributed by atoms with E-state index < -0.39 is 5.76 Å². The zero-order valence-electron chi connectivity index (χ0n) is 24.2. The molecule has 1 aliphatic carbocycles. The molecule has 2 aromatic carbocycles. The summed E-state index contributed by atoms with van der Waals surface area (Å²) in [6, 6.07) is 15.9. The Labute approximate surface area is 247 Å². The zero-order chi connectivity index (χ0) is 29.6. The van der Waals surface area contributed by atoms with E-state index in [1.54, 1.807) is 6.33 Å². The summed E-state index contributed by atoms with van der Waals surface area (Å²) >= 11 is 0. The van der Waals surface area contributed by atoms with Crippen LogP contribution in [0.3, 0.4) is 0 Å². The number of fused-ring (bicyclic) bond motifs is 1. The van der Waals surface area contributed by atoms with Gasteiger partial charge in [-0.1, -0.05) is 72.2 Å². The van der Waals surface area contributed by atoms with Crippen LogP contribution in [0.1, 0.15) is 75.2 Å². The van der Waals surface area contributed by atoms with Crippen LogP contribution in [0.2, 0.25) is 0 Å². The molecule has 1 aliphatic heterocycles. The van der Waals surface area contributed by atoms with E-state index in [1.807, 2.05) is 64.5 Å². The zero-order valence-corrected chi connectivity index (χ0v) is 24.2. The largest absolute Gasteiger partial charge is 0.439 e. The highest BCUT2D eigenvalue weighted by atomic mass is 16.7. The maximum absolute atomic E-state index is 14.3. The molecular formula is C32H33N7O4. The van der Waals surface area contributed by atoms with Crippen LogP contribution in [0, 0.1) is 0 Å². The number of nitrogens with zero attached hydrogens (tertiary/aromatic N) is 6. The predicted molar refractivity (Wildman–Crippen MR) is 161 cm³/mol. The van der Waals surface area contributed by atoms with Gasteiger partial charge in [-0.05, 0) is 55.7 Å². The van der Waals surface area contributed by atoms with Crippen molar-refractivity contribution in [3.63, 3.8) is 0 Å². The highest BCUT2D eigenvalue weighted by Gasteiger charge is 2.42. The number of rotatable bonds is 7. The monoisotopic (exact) mass is 579 g/mol. The summed E-state index contributed by atoms with van der Waals surface area (Å²) in [5, 5.41) is 12.7. The third-order valence-electron chi connectivity index (χ3n) is 8.79. The lowest BCUT2D eigenvalue weighted by atomic mass is 9.79. The quantitative estimate of drug-likeness (QED) is 0.284. The van der Waals surface area contributed by atoms with E-state index >= 15 is 0 Å². The van der Waals surface area contributed by atoms with E-state index in [-0.39, 0.29) is 17.2 Å². The van der Waals surface area contributed by atoms with Crippen molar-refractivity contribution in [3.05, 3.63) is 92.6 Å². The molecule has 0 unspecified atom stereocenters. The summed E-state index contributed by atoms with van der Waals surface area (Å²) in [6.07, 6.45) is 7.83. The number of oxime groups is 1. The van der Waals surface area contributed by atoms with Gasteiger partial charge >= 0.3 is 5.76 Å². The van der Waals surface area contributed by atoms with Gasteiger partial charge in [0.2, 0.25) is 5.78 Å². The van der Waals surface area contributed by atoms with E-state index in [1.165, 1.54) is 0 Å². The van der Waals surface area contributed by atoms with Crippen LogP contribution in [0.4, 0.5) is 0 Å². The minimum Gasteiger partial charge on any atom is -0.389 e. The first-order valence-electron chi connectivity index (χ1n) is 14.9. The van der Waals surface area contributed by atoms with Gasteiger partial charge in [-0.15, -0.1) is 0 Å². The van der Waals surface area contributed by atoms with Gasteiger partial charge in [0.05, 0.1) is 11.4 Å². The highest BCUT2D eigenvalue weighted by molar-refractivity contribution is 5.83. The SMILES string of the molecule is CCCc1c(Cc2ccc(-c3ccccc3-c3noc(=O)[nH]3)cc2)c(=O)n([C@H]2CC[C@]3(CC2)CC(C)=NO3)c2ncnn12. The fraction of sp³-hybridized carbons (Fsp3) is 0.375. The average molecular weight is 580 g/mol. The molecule has 2 aliphatic rings. The molecule has 0 amide bonds. The molecule has 3 aromatic heterocycles. The minimum absolute atomic E-state index is 0.00841. The van der Waals surface area contributed by atoms with Crippen LogP contribution in [-0.4, -0.2) is 40.6 Å². The normalized spacial score (nSPS) is 20.0. The topological polar surface area (TPSA) is 133 Å². The number of H-pyrrole nitrogens is 1. The lowest BCUT2D eigenvalue weighted by Crippen LogP contribution is -2.39. The van der Waals surface area contributed by atoms with Gasteiger partial charge in [0, 0.05) is 30.0 Å². The van der Waals surface area contributed by atoms with Gasteiger partial charge in [-0.25, -0.2) is 9.31 Å². The van der Waals surface area contributed by atoms with Crippen LogP contribution >= 0.6 is 0 Å². The molecule has 7 rings (SSSR count). The van der Waals surface area contributed by atoms with Crippen LogP contribution in [0.25, 0.3) is 28.3 Å². The smallest absolute Gasteiger partial charge is 0.389 e. The summed E-state index contributed by atoms with van der Waals surface area (Å²) in [6.45, 7) is 4.12. The lowest BCUT2D eigenvalue weighted by Gasteiger charge is -2.35. The molecule has 11 nitrogen and oxygen atoms in total. The van der Waals surface area contributed by atoms with Crippen LogP contribution in [0.15, 0.2) is 74.1 Å². The van der Waals surface area contributed by atoms with Gasteiger partial charge in [-0.2, -0.15) is 10.1 Å². The molecule has 0 saturated heterocycles. The fourth-order valence-electron chi connectivity index (χ4n) is 6.73. The number of nitrogens with one attached hydrogen (secondary N) is 1. The molecule has 5 aromatic rings. The van der Waals surface area contributed by atoms with Crippen molar-refractivity contribution in [1.29, 1.82) is 0 Å². The second-order valence-electron chi connectivity index (χ2n) is 11.7. The Bertz CT molecular complexity index is 1940. The molecule has 43 heavy (non-hydrogen) atoms. The molecule has 0 atom stereocenters. The lowest BCUT2D eigenvalue weighted by molar-refractivity contribution is -0.0528. The Morgan fingerprint density at radius 3 is 2.49 bits per heavy atom. The van der Waals surface area contributed by atoms with Crippen molar-refractivity contribution in [2.75, 3.05) is 0 Å². The number of hydrogen-bond donors (Lipinski definition) is 1. The molecule has 1 fully saturated rings. The van der Waals surface area contributed by atoms with Gasteiger partial charge in [0.1, 0.15) is 11.9 Å². The second kappa shape index (κ2) is 10.8. The number of hydrogen-bond acceptors (Lipinski definition) is 8. The molecular weight excluding hydrogens is 546 g/mol. The molecule has 11 heteroatoms. The summed E-state index contributed by atoms with van der Waals surface area (Å²) in [7, 11) is 0. The van der Waals surface area contributed by atoms with Crippen LogP contribution in [0.5, 0.6) is 0 Å². The number of benzene rings is 2. The number of aromatic nitrogens is 6. The number of aromatic amines is 1. The molecule has 1 N–H and O–H groups in total. The molecule has 220 valence electrons. The van der Waals surface area contributed by atoms with E-state index in [9.17, 15) is 9.59 Å². The molecule has 4 heterocycles. The van der Waals surface area contributed by atoms with Gasteiger partial charge in [0.15, 0.2) is 5.82 Å². The second-order valence-corrected chi connectivity index (χ2v) is 11.7. The summed E-state index contributed by atoms with van der Waals surface area (Å²) in [4.78, 5) is 38.9. The first-order chi connectivity index (χ1) is 20.9. The number of aryl methyl sites for hydroxylation is 1. The molecule has 0 bridgehead atoms.